The molecule has 1 rings (SSSR count). The number of carbonyl (C=O) groups excluding carboxylic acids is 1. The summed E-state index contributed by atoms with van der Waals surface area (Å²) in [4.78, 5) is 11.8. The highest BCUT2D eigenvalue weighted by molar-refractivity contribution is 5.95. The Hall–Kier alpha value is -1.15. The molecule has 0 aliphatic heterocycles. The fourth-order valence-corrected chi connectivity index (χ4v) is 1.84. The minimum atomic E-state index is -0.325. The Morgan fingerprint density at radius 3 is 2.53 bits per heavy atom. The van der Waals surface area contributed by atoms with Crippen LogP contribution in [0, 0.1) is 0 Å². The molecule has 1 atom stereocenters. The molecule has 2 heteroatoms. The predicted molar refractivity (Wildman–Crippen MR) is 70.2 cm³/mol. The lowest BCUT2D eigenvalue weighted by molar-refractivity contribution is 0.0931. The molecule has 0 amide bonds. The third-order valence-corrected chi connectivity index (χ3v) is 2.94. The molecule has 0 radical (unpaired) electrons. The number of rotatable bonds is 8. The number of unbranched alkanes of at least 4 members (excludes halogenated alkanes) is 2. The fraction of sp³-hybridized carbons (Fsp3) is 0.533. The zero-order chi connectivity index (χ0) is 12.5. The molecule has 0 spiro atoms. The van der Waals surface area contributed by atoms with Crippen molar-refractivity contribution in [3.05, 3.63) is 35.9 Å². The Bertz CT molecular complexity index is 319. The molecule has 1 aromatic rings. The van der Waals surface area contributed by atoms with Crippen molar-refractivity contribution < 1.29 is 9.90 Å². The van der Waals surface area contributed by atoms with Gasteiger partial charge in [-0.2, -0.15) is 0 Å². The van der Waals surface area contributed by atoms with Gasteiger partial charge in [-0.15, -0.1) is 0 Å². The average molecular weight is 234 g/mol. The molecule has 94 valence electrons. The van der Waals surface area contributed by atoms with Crippen LogP contribution in [0.25, 0.3) is 0 Å². The third-order valence-electron chi connectivity index (χ3n) is 2.94. The van der Waals surface area contributed by atoms with Gasteiger partial charge in [0, 0.05) is 12.0 Å². The van der Waals surface area contributed by atoms with Crippen molar-refractivity contribution in [1.29, 1.82) is 0 Å². The minimum absolute atomic E-state index is 0.125. The van der Waals surface area contributed by atoms with Gasteiger partial charge in [-0.25, -0.2) is 0 Å². The summed E-state index contributed by atoms with van der Waals surface area (Å²) >= 11 is 0. The summed E-state index contributed by atoms with van der Waals surface area (Å²) in [6, 6.07) is 9.28. The molecule has 0 bridgehead atoms. The van der Waals surface area contributed by atoms with E-state index in [2.05, 4.69) is 6.92 Å². The Kier molecular flexibility index (Phi) is 6.56. The van der Waals surface area contributed by atoms with Crippen molar-refractivity contribution in [2.45, 2.75) is 51.6 Å². The fourth-order valence-electron chi connectivity index (χ4n) is 1.84. The van der Waals surface area contributed by atoms with Crippen LogP contribution in [0.2, 0.25) is 0 Å². The van der Waals surface area contributed by atoms with Gasteiger partial charge in [0.2, 0.25) is 0 Å². The van der Waals surface area contributed by atoms with Crippen molar-refractivity contribution in [3.8, 4) is 0 Å². The van der Waals surface area contributed by atoms with Crippen molar-refractivity contribution in [2.24, 2.45) is 0 Å². The molecule has 2 nitrogen and oxygen atoms in total. The van der Waals surface area contributed by atoms with Crippen molar-refractivity contribution in [1.82, 2.24) is 0 Å². The summed E-state index contributed by atoms with van der Waals surface area (Å²) in [5.74, 6) is 0.125. The van der Waals surface area contributed by atoms with Crippen LogP contribution < -0.4 is 0 Å². The van der Waals surface area contributed by atoms with Crippen LogP contribution >= 0.6 is 0 Å². The number of benzene rings is 1. The van der Waals surface area contributed by atoms with Gasteiger partial charge in [0.15, 0.2) is 5.78 Å². The molecule has 0 heterocycles. The van der Waals surface area contributed by atoms with Crippen molar-refractivity contribution in [3.63, 3.8) is 0 Å². The maximum atomic E-state index is 11.8. The molecular weight excluding hydrogens is 212 g/mol. The largest absolute Gasteiger partial charge is 0.393 e. The van der Waals surface area contributed by atoms with Crippen LogP contribution in [0.4, 0.5) is 0 Å². The number of hydrogen-bond acceptors (Lipinski definition) is 2. The second-order valence-electron chi connectivity index (χ2n) is 4.48. The van der Waals surface area contributed by atoms with E-state index < -0.39 is 0 Å². The van der Waals surface area contributed by atoms with E-state index in [4.69, 9.17) is 0 Å². The number of hydrogen-bond donors (Lipinski definition) is 1. The van der Waals surface area contributed by atoms with Crippen LogP contribution in [0.1, 0.15) is 55.8 Å². The molecule has 0 aliphatic carbocycles. The third kappa shape index (κ3) is 5.64. The van der Waals surface area contributed by atoms with Crippen LogP contribution in [-0.4, -0.2) is 17.0 Å². The number of ketones is 1. The smallest absolute Gasteiger partial charge is 0.162 e. The van der Waals surface area contributed by atoms with Gasteiger partial charge in [0.05, 0.1) is 6.10 Å². The number of carbonyl (C=O) groups is 1. The quantitative estimate of drug-likeness (QED) is 0.551. The molecule has 0 aliphatic rings. The van der Waals surface area contributed by atoms with Gasteiger partial charge in [0.25, 0.3) is 0 Å². The van der Waals surface area contributed by atoms with Crippen LogP contribution in [0.3, 0.4) is 0 Å². The topological polar surface area (TPSA) is 37.3 Å². The van der Waals surface area contributed by atoms with Gasteiger partial charge in [0.1, 0.15) is 0 Å². The zero-order valence-electron chi connectivity index (χ0n) is 10.6. The van der Waals surface area contributed by atoms with E-state index >= 15 is 0 Å². The van der Waals surface area contributed by atoms with Gasteiger partial charge in [-0.3, -0.25) is 4.79 Å². The summed E-state index contributed by atoms with van der Waals surface area (Å²) in [5.41, 5.74) is 0.744. The van der Waals surface area contributed by atoms with Crippen molar-refractivity contribution in [2.75, 3.05) is 0 Å². The van der Waals surface area contributed by atoms with E-state index in [0.29, 0.717) is 12.8 Å². The summed E-state index contributed by atoms with van der Waals surface area (Å²) in [5, 5.41) is 9.72. The Balaban J connectivity index is 2.24. The highest BCUT2D eigenvalue weighted by Gasteiger charge is 2.09. The van der Waals surface area contributed by atoms with Gasteiger partial charge in [-0.05, 0) is 12.8 Å². The standard InChI is InChI=1S/C15H22O2/c1-2-3-5-10-14(16)11-12-15(17)13-8-6-4-7-9-13/h4,6-9,14,16H,2-3,5,10-12H2,1H3/t14-/m1/s1. The summed E-state index contributed by atoms with van der Waals surface area (Å²) in [7, 11) is 0. The number of aliphatic hydroxyl groups excluding tert-OH is 1. The monoisotopic (exact) mass is 234 g/mol. The van der Waals surface area contributed by atoms with Gasteiger partial charge in [-0.1, -0.05) is 56.5 Å². The summed E-state index contributed by atoms with van der Waals surface area (Å²) in [6.07, 6.45) is 4.88. The van der Waals surface area contributed by atoms with Crippen LogP contribution in [-0.2, 0) is 0 Å². The first-order valence-electron chi connectivity index (χ1n) is 6.50. The van der Waals surface area contributed by atoms with E-state index in [0.717, 1.165) is 31.2 Å². The minimum Gasteiger partial charge on any atom is -0.393 e. The molecule has 0 saturated heterocycles. The molecule has 0 fully saturated rings. The van der Waals surface area contributed by atoms with Crippen LogP contribution in [0.5, 0.6) is 0 Å². The van der Waals surface area contributed by atoms with E-state index in [9.17, 15) is 9.90 Å². The highest BCUT2D eigenvalue weighted by atomic mass is 16.3. The first-order valence-corrected chi connectivity index (χ1v) is 6.50. The molecule has 0 saturated carbocycles. The molecule has 1 aromatic carbocycles. The van der Waals surface area contributed by atoms with E-state index in [1.54, 1.807) is 0 Å². The van der Waals surface area contributed by atoms with E-state index in [1.807, 2.05) is 30.3 Å². The Morgan fingerprint density at radius 2 is 1.88 bits per heavy atom. The maximum Gasteiger partial charge on any atom is 0.162 e. The molecular formula is C15H22O2. The second kappa shape index (κ2) is 8.02. The van der Waals surface area contributed by atoms with Crippen LogP contribution in [0.15, 0.2) is 30.3 Å². The Morgan fingerprint density at radius 1 is 1.18 bits per heavy atom. The highest BCUT2D eigenvalue weighted by Crippen LogP contribution is 2.11. The summed E-state index contributed by atoms with van der Waals surface area (Å²) < 4.78 is 0. The average Bonchev–Trinajstić information content (AvgIpc) is 2.37. The lowest BCUT2D eigenvalue weighted by Crippen LogP contribution is -2.09. The first kappa shape index (κ1) is 13.9. The molecule has 1 N–H and O–H groups in total. The van der Waals surface area contributed by atoms with Gasteiger partial charge < -0.3 is 5.11 Å². The van der Waals surface area contributed by atoms with E-state index in [1.165, 1.54) is 0 Å². The lowest BCUT2D eigenvalue weighted by atomic mass is 10.0. The van der Waals surface area contributed by atoms with E-state index in [-0.39, 0.29) is 11.9 Å². The second-order valence-corrected chi connectivity index (χ2v) is 4.48. The zero-order valence-corrected chi connectivity index (χ0v) is 10.6. The maximum absolute atomic E-state index is 11.8. The van der Waals surface area contributed by atoms with Crippen molar-refractivity contribution >= 4 is 5.78 Å². The predicted octanol–water partition coefficient (Wildman–Crippen LogP) is 3.59. The lowest BCUT2D eigenvalue weighted by Gasteiger charge is -2.09. The Labute approximate surface area is 104 Å². The normalized spacial score (nSPS) is 12.4. The summed E-state index contributed by atoms with van der Waals surface area (Å²) in [6.45, 7) is 2.14. The molecule has 0 unspecified atom stereocenters. The molecule has 17 heavy (non-hydrogen) atoms. The SMILES string of the molecule is CCCCC[C@@H](O)CCC(=O)c1ccccc1. The molecule has 0 aromatic heterocycles. The van der Waals surface area contributed by atoms with Gasteiger partial charge >= 0.3 is 0 Å². The first-order chi connectivity index (χ1) is 8.24. The number of aliphatic hydroxyl groups is 1. The number of Topliss-reactive ketones (excluding diaryl/α,β-unsaturated/α-hetero) is 1.